The highest BCUT2D eigenvalue weighted by Crippen LogP contribution is 2.19. The molecule has 0 saturated carbocycles. The summed E-state index contributed by atoms with van der Waals surface area (Å²) in [5.41, 5.74) is 0.0903. The SMILES string of the molecule is CN(C)S(=O)(=O)N(CC(=O)O)c1ccc(F)cc1. The van der Waals surface area contributed by atoms with Crippen molar-refractivity contribution in [2.45, 2.75) is 0 Å². The molecule has 0 aromatic heterocycles. The second-order valence-corrected chi connectivity index (χ2v) is 5.73. The van der Waals surface area contributed by atoms with Gasteiger partial charge in [0.2, 0.25) is 0 Å². The van der Waals surface area contributed by atoms with E-state index in [1.165, 1.54) is 26.2 Å². The van der Waals surface area contributed by atoms with Crippen LogP contribution in [0.1, 0.15) is 0 Å². The molecule has 0 fully saturated rings. The standard InChI is InChI=1S/C10H13FN2O4S/c1-12(2)18(16,17)13(7-10(14)15)9-5-3-8(11)4-6-9/h3-6H,7H2,1-2H3,(H,14,15). The van der Waals surface area contributed by atoms with Gasteiger partial charge in [-0.15, -0.1) is 0 Å². The molecule has 0 unspecified atom stereocenters. The summed E-state index contributed by atoms with van der Waals surface area (Å²) in [6.07, 6.45) is 0. The van der Waals surface area contributed by atoms with E-state index in [9.17, 15) is 17.6 Å². The van der Waals surface area contributed by atoms with Gasteiger partial charge in [-0.2, -0.15) is 12.7 Å². The first-order valence-corrected chi connectivity index (χ1v) is 6.32. The summed E-state index contributed by atoms with van der Waals surface area (Å²) in [4.78, 5) is 10.7. The second kappa shape index (κ2) is 5.32. The van der Waals surface area contributed by atoms with E-state index in [1.807, 2.05) is 0 Å². The van der Waals surface area contributed by atoms with E-state index < -0.39 is 28.5 Å². The molecule has 1 aromatic carbocycles. The molecule has 1 aromatic rings. The number of carbonyl (C=O) groups is 1. The van der Waals surface area contributed by atoms with Crippen LogP contribution in [0.15, 0.2) is 24.3 Å². The molecule has 0 aliphatic rings. The summed E-state index contributed by atoms with van der Waals surface area (Å²) < 4.78 is 38.2. The third-order valence-electron chi connectivity index (χ3n) is 2.13. The molecule has 0 atom stereocenters. The van der Waals surface area contributed by atoms with Crippen molar-refractivity contribution in [1.82, 2.24) is 4.31 Å². The lowest BCUT2D eigenvalue weighted by Crippen LogP contribution is -2.43. The van der Waals surface area contributed by atoms with Gasteiger partial charge in [-0.05, 0) is 24.3 Å². The van der Waals surface area contributed by atoms with Crippen LogP contribution in [0.25, 0.3) is 0 Å². The van der Waals surface area contributed by atoms with E-state index >= 15 is 0 Å². The number of hydrogen-bond acceptors (Lipinski definition) is 3. The van der Waals surface area contributed by atoms with Crippen molar-refractivity contribution >= 4 is 21.9 Å². The summed E-state index contributed by atoms with van der Waals surface area (Å²) in [7, 11) is -1.37. The zero-order chi connectivity index (χ0) is 13.9. The van der Waals surface area contributed by atoms with Crippen molar-refractivity contribution in [3.05, 3.63) is 30.1 Å². The maximum absolute atomic E-state index is 12.8. The molecule has 0 bridgehead atoms. The number of anilines is 1. The Hall–Kier alpha value is -1.67. The number of aliphatic carboxylic acids is 1. The lowest BCUT2D eigenvalue weighted by molar-refractivity contribution is -0.135. The van der Waals surface area contributed by atoms with E-state index in [0.29, 0.717) is 4.31 Å². The Morgan fingerprint density at radius 3 is 2.17 bits per heavy atom. The normalized spacial score (nSPS) is 11.6. The minimum absolute atomic E-state index is 0.0903. The molecule has 1 rings (SSSR count). The van der Waals surface area contributed by atoms with E-state index in [4.69, 9.17) is 5.11 Å². The maximum atomic E-state index is 12.8. The number of benzene rings is 1. The number of carboxylic acids is 1. The molecule has 1 N–H and O–H groups in total. The quantitative estimate of drug-likeness (QED) is 0.850. The summed E-state index contributed by atoms with van der Waals surface area (Å²) in [5, 5.41) is 8.75. The molecule has 0 saturated heterocycles. The minimum Gasteiger partial charge on any atom is -0.480 e. The summed E-state index contributed by atoms with van der Waals surface area (Å²) in [5.74, 6) is -1.83. The molecular formula is C10H13FN2O4S. The van der Waals surface area contributed by atoms with Crippen LogP contribution in [0.4, 0.5) is 10.1 Å². The van der Waals surface area contributed by atoms with Gasteiger partial charge in [0.1, 0.15) is 12.4 Å². The lowest BCUT2D eigenvalue weighted by Gasteiger charge is -2.25. The van der Waals surface area contributed by atoms with Crippen LogP contribution in [0.3, 0.4) is 0 Å². The molecule has 0 radical (unpaired) electrons. The van der Waals surface area contributed by atoms with Crippen LogP contribution in [0, 0.1) is 5.82 Å². The predicted octanol–water partition coefficient (Wildman–Crippen LogP) is 0.523. The van der Waals surface area contributed by atoms with Crippen molar-refractivity contribution in [3.8, 4) is 0 Å². The van der Waals surface area contributed by atoms with Crippen molar-refractivity contribution in [2.75, 3.05) is 24.9 Å². The average Bonchev–Trinajstić information content (AvgIpc) is 2.26. The van der Waals surface area contributed by atoms with E-state index in [1.54, 1.807) is 0 Å². The Balaban J connectivity index is 3.22. The second-order valence-electron chi connectivity index (χ2n) is 3.67. The Kier molecular flexibility index (Phi) is 4.25. The predicted molar refractivity (Wildman–Crippen MR) is 64.0 cm³/mol. The van der Waals surface area contributed by atoms with Gasteiger partial charge >= 0.3 is 16.2 Å². The van der Waals surface area contributed by atoms with Gasteiger partial charge in [-0.1, -0.05) is 0 Å². The van der Waals surface area contributed by atoms with E-state index in [-0.39, 0.29) is 5.69 Å². The summed E-state index contributed by atoms with van der Waals surface area (Å²) in [6.45, 7) is -0.730. The fraction of sp³-hybridized carbons (Fsp3) is 0.300. The molecule has 0 aliphatic carbocycles. The van der Waals surface area contributed by atoms with Gasteiger partial charge in [-0.25, -0.2) is 8.70 Å². The zero-order valence-corrected chi connectivity index (χ0v) is 10.7. The largest absolute Gasteiger partial charge is 0.480 e. The molecule has 0 aliphatic heterocycles. The van der Waals surface area contributed by atoms with Crippen molar-refractivity contribution in [1.29, 1.82) is 0 Å². The molecular weight excluding hydrogens is 263 g/mol. The topological polar surface area (TPSA) is 77.9 Å². The average molecular weight is 276 g/mol. The third kappa shape index (κ3) is 3.17. The van der Waals surface area contributed by atoms with Crippen molar-refractivity contribution < 1.29 is 22.7 Å². The first kappa shape index (κ1) is 14.4. The third-order valence-corrected chi connectivity index (χ3v) is 3.95. The molecule has 0 amide bonds. The van der Waals surface area contributed by atoms with Gasteiger partial charge in [0, 0.05) is 14.1 Å². The van der Waals surface area contributed by atoms with E-state index in [0.717, 1.165) is 16.4 Å². The molecule has 8 heteroatoms. The zero-order valence-electron chi connectivity index (χ0n) is 9.87. The first-order valence-electron chi connectivity index (χ1n) is 4.92. The Labute approximate surface area is 104 Å². The summed E-state index contributed by atoms with van der Waals surface area (Å²) >= 11 is 0. The van der Waals surface area contributed by atoms with Gasteiger partial charge in [0.15, 0.2) is 0 Å². The number of carboxylic acid groups (broad SMARTS) is 1. The Morgan fingerprint density at radius 2 is 1.78 bits per heavy atom. The minimum atomic E-state index is -3.94. The smallest absolute Gasteiger partial charge is 0.324 e. The molecule has 100 valence electrons. The lowest BCUT2D eigenvalue weighted by atomic mass is 10.3. The molecule has 6 nitrogen and oxygen atoms in total. The molecule has 0 heterocycles. The van der Waals surface area contributed by atoms with Crippen LogP contribution in [-0.2, 0) is 15.0 Å². The van der Waals surface area contributed by atoms with Crippen LogP contribution in [-0.4, -0.2) is 44.4 Å². The first-order chi connectivity index (χ1) is 8.25. The highest BCUT2D eigenvalue weighted by Gasteiger charge is 2.26. The van der Waals surface area contributed by atoms with Crippen LogP contribution >= 0.6 is 0 Å². The summed E-state index contributed by atoms with van der Waals surface area (Å²) in [6, 6.07) is 4.55. The van der Waals surface area contributed by atoms with Gasteiger partial charge < -0.3 is 5.11 Å². The highest BCUT2D eigenvalue weighted by atomic mass is 32.2. The number of nitrogens with zero attached hydrogens (tertiary/aromatic N) is 2. The molecule has 18 heavy (non-hydrogen) atoms. The van der Waals surface area contributed by atoms with Crippen molar-refractivity contribution in [3.63, 3.8) is 0 Å². The van der Waals surface area contributed by atoms with Crippen molar-refractivity contribution in [2.24, 2.45) is 0 Å². The van der Waals surface area contributed by atoms with E-state index in [2.05, 4.69) is 0 Å². The van der Waals surface area contributed by atoms with Gasteiger partial charge in [0.25, 0.3) is 0 Å². The molecule has 0 spiro atoms. The number of rotatable bonds is 5. The van der Waals surface area contributed by atoms with Crippen LogP contribution < -0.4 is 4.31 Å². The maximum Gasteiger partial charge on any atom is 0.324 e. The number of halogens is 1. The Morgan fingerprint density at radius 1 is 1.28 bits per heavy atom. The fourth-order valence-corrected chi connectivity index (χ4v) is 2.29. The fourth-order valence-electron chi connectivity index (χ4n) is 1.23. The van der Waals surface area contributed by atoms with Crippen LogP contribution in [0.2, 0.25) is 0 Å². The van der Waals surface area contributed by atoms with Crippen LogP contribution in [0.5, 0.6) is 0 Å². The monoisotopic (exact) mass is 276 g/mol. The van der Waals surface area contributed by atoms with Gasteiger partial charge in [-0.3, -0.25) is 4.79 Å². The highest BCUT2D eigenvalue weighted by molar-refractivity contribution is 7.90. The number of hydrogen-bond donors (Lipinski definition) is 1. The Bertz CT molecular complexity index is 527. The van der Waals surface area contributed by atoms with Gasteiger partial charge in [0.05, 0.1) is 5.69 Å².